The van der Waals surface area contributed by atoms with Gasteiger partial charge in [0.1, 0.15) is 23.1 Å². The topological polar surface area (TPSA) is 18.5 Å². The molecule has 10 rings (SSSR count). The quantitative estimate of drug-likeness (QED) is 0.191. The van der Waals surface area contributed by atoms with Crippen molar-refractivity contribution in [1.29, 1.82) is 0 Å². The Hall–Kier alpha value is -5.74. The number of rotatable bonds is 3. The summed E-state index contributed by atoms with van der Waals surface area (Å²) in [6.45, 7) is 4.26. The first-order valence-corrected chi connectivity index (χ1v) is 16.6. The Balaban J connectivity index is 1.29. The highest BCUT2D eigenvalue weighted by atomic mass is 19.1. The lowest BCUT2D eigenvalue weighted by molar-refractivity contribution is 0.165. The van der Waals surface area contributed by atoms with Gasteiger partial charge in [-0.15, -0.1) is 0 Å². The predicted molar refractivity (Wildman–Crippen MR) is 193 cm³/mol. The second-order valence-corrected chi connectivity index (χ2v) is 13.8. The van der Waals surface area contributed by atoms with Gasteiger partial charge < -0.3 is 9.47 Å². The van der Waals surface area contributed by atoms with Crippen molar-refractivity contribution in [3.8, 4) is 44.9 Å². The van der Waals surface area contributed by atoms with Gasteiger partial charge in [0.2, 0.25) is 0 Å². The second kappa shape index (κ2) is 9.67. The fraction of sp³-hybridized carbons (Fsp3) is 0.111. The molecule has 0 bridgehead atoms. The number of hydrogen-bond acceptors (Lipinski definition) is 2. The van der Waals surface area contributed by atoms with Gasteiger partial charge in [-0.05, 0) is 103 Å². The Bertz CT molecular complexity index is 2590. The molecule has 7 aromatic rings. The molecule has 1 heterocycles. The number of benzene rings is 7. The molecule has 0 fully saturated rings. The molecule has 0 N–H and O–H groups in total. The molecular weight excluding hydrogens is 610 g/mol. The Morgan fingerprint density at radius 3 is 2.08 bits per heavy atom. The third-order valence-electron chi connectivity index (χ3n) is 11.0. The van der Waals surface area contributed by atoms with E-state index < -0.39 is 11.0 Å². The highest BCUT2D eigenvalue weighted by Crippen LogP contribution is 2.59. The van der Waals surface area contributed by atoms with Gasteiger partial charge in [0.15, 0.2) is 5.60 Å². The molecule has 2 aliphatic carbocycles. The molecule has 0 saturated heterocycles. The molecule has 1 unspecified atom stereocenters. The number of halogens is 2. The van der Waals surface area contributed by atoms with Crippen molar-refractivity contribution in [2.75, 3.05) is 7.11 Å². The van der Waals surface area contributed by atoms with Crippen LogP contribution in [0.15, 0.2) is 121 Å². The molecule has 0 spiro atoms. The smallest absolute Gasteiger partial charge is 0.178 e. The van der Waals surface area contributed by atoms with Gasteiger partial charge in [-0.3, -0.25) is 0 Å². The zero-order chi connectivity index (χ0) is 33.2. The minimum absolute atomic E-state index is 0.275. The first kappa shape index (κ1) is 28.3. The molecule has 7 aromatic carbocycles. The third kappa shape index (κ3) is 3.64. The summed E-state index contributed by atoms with van der Waals surface area (Å²) in [6, 6.07) is 37.3. The van der Waals surface area contributed by atoms with E-state index in [4.69, 9.17) is 9.47 Å². The number of fused-ring (bicyclic) bond motifs is 11. The molecule has 1 atom stereocenters. The molecule has 2 nitrogen and oxygen atoms in total. The second-order valence-electron chi connectivity index (χ2n) is 13.8. The summed E-state index contributed by atoms with van der Waals surface area (Å²) in [5.41, 5.74) is 9.97. The van der Waals surface area contributed by atoms with Crippen LogP contribution in [0.4, 0.5) is 8.78 Å². The number of hydrogen-bond donors (Lipinski definition) is 0. The van der Waals surface area contributed by atoms with E-state index in [2.05, 4.69) is 80.6 Å². The van der Waals surface area contributed by atoms with E-state index in [1.807, 2.05) is 36.4 Å². The normalized spacial score (nSPS) is 17.4. The first-order valence-electron chi connectivity index (χ1n) is 16.6. The van der Waals surface area contributed by atoms with E-state index >= 15 is 4.39 Å². The van der Waals surface area contributed by atoms with Crippen LogP contribution in [0.1, 0.15) is 41.7 Å². The maximum Gasteiger partial charge on any atom is 0.178 e. The molecule has 236 valence electrons. The summed E-state index contributed by atoms with van der Waals surface area (Å²) in [5, 5.41) is 3.85. The predicted octanol–water partition coefficient (Wildman–Crippen LogP) is 11.6. The van der Waals surface area contributed by atoms with Crippen LogP contribution in [0.3, 0.4) is 0 Å². The van der Waals surface area contributed by atoms with Crippen molar-refractivity contribution in [2.45, 2.75) is 24.9 Å². The van der Waals surface area contributed by atoms with Crippen molar-refractivity contribution < 1.29 is 18.3 Å². The van der Waals surface area contributed by atoms with E-state index in [1.165, 1.54) is 39.8 Å². The van der Waals surface area contributed by atoms with Crippen molar-refractivity contribution >= 4 is 27.6 Å². The van der Waals surface area contributed by atoms with Crippen LogP contribution in [-0.4, -0.2) is 7.11 Å². The van der Waals surface area contributed by atoms with Gasteiger partial charge in [0.25, 0.3) is 0 Å². The lowest BCUT2D eigenvalue weighted by Gasteiger charge is -2.39. The zero-order valence-corrected chi connectivity index (χ0v) is 27.2. The van der Waals surface area contributed by atoms with Gasteiger partial charge >= 0.3 is 0 Å². The number of ether oxygens (including phenoxy) is 2. The first-order chi connectivity index (χ1) is 23.8. The van der Waals surface area contributed by atoms with Crippen molar-refractivity contribution in [3.63, 3.8) is 0 Å². The van der Waals surface area contributed by atoms with E-state index in [0.717, 1.165) is 55.5 Å². The van der Waals surface area contributed by atoms with Gasteiger partial charge in [0, 0.05) is 27.5 Å². The summed E-state index contributed by atoms with van der Waals surface area (Å²) >= 11 is 0. The Labute approximate surface area is 282 Å². The van der Waals surface area contributed by atoms with E-state index in [0.29, 0.717) is 11.1 Å². The van der Waals surface area contributed by atoms with Crippen LogP contribution >= 0.6 is 0 Å². The molecule has 3 aliphatic rings. The highest BCUT2D eigenvalue weighted by Gasteiger charge is 2.45. The van der Waals surface area contributed by atoms with Crippen LogP contribution in [0, 0.1) is 11.6 Å². The average molecular weight is 641 g/mol. The average Bonchev–Trinajstić information content (AvgIpc) is 3.57. The summed E-state index contributed by atoms with van der Waals surface area (Å²) in [6.07, 6.45) is 4.29. The molecule has 0 radical (unpaired) electrons. The van der Waals surface area contributed by atoms with Gasteiger partial charge in [0.05, 0.1) is 7.11 Å². The summed E-state index contributed by atoms with van der Waals surface area (Å²) in [5.74, 6) is 0.734. The van der Waals surface area contributed by atoms with Gasteiger partial charge in [-0.1, -0.05) is 98.8 Å². The zero-order valence-electron chi connectivity index (χ0n) is 27.2. The molecule has 0 saturated carbocycles. The van der Waals surface area contributed by atoms with Gasteiger partial charge in [-0.25, -0.2) is 8.78 Å². The summed E-state index contributed by atoms with van der Waals surface area (Å²) in [7, 11) is 1.66. The fourth-order valence-electron chi connectivity index (χ4n) is 8.86. The molecule has 49 heavy (non-hydrogen) atoms. The van der Waals surface area contributed by atoms with Crippen LogP contribution in [0.25, 0.3) is 61.0 Å². The fourth-order valence-corrected chi connectivity index (χ4v) is 8.86. The van der Waals surface area contributed by atoms with Crippen LogP contribution in [0.2, 0.25) is 0 Å². The lowest BCUT2D eigenvalue weighted by Crippen LogP contribution is -2.35. The van der Waals surface area contributed by atoms with Crippen molar-refractivity contribution in [1.82, 2.24) is 0 Å². The van der Waals surface area contributed by atoms with Crippen LogP contribution in [-0.2, 0) is 11.0 Å². The maximum absolute atomic E-state index is 15.3. The van der Waals surface area contributed by atoms with Crippen LogP contribution < -0.4 is 9.47 Å². The van der Waals surface area contributed by atoms with Crippen molar-refractivity contribution in [3.05, 3.63) is 161 Å². The van der Waals surface area contributed by atoms with E-state index in [-0.39, 0.29) is 11.6 Å². The Morgan fingerprint density at radius 2 is 1.31 bits per heavy atom. The van der Waals surface area contributed by atoms with E-state index in [9.17, 15) is 4.39 Å². The number of methoxy groups -OCH3 is 1. The molecular formula is C45H30F2O2. The summed E-state index contributed by atoms with van der Waals surface area (Å²) < 4.78 is 43.1. The van der Waals surface area contributed by atoms with Crippen LogP contribution in [0.5, 0.6) is 11.5 Å². The van der Waals surface area contributed by atoms with Gasteiger partial charge in [-0.2, -0.15) is 0 Å². The molecule has 1 aliphatic heterocycles. The third-order valence-corrected chi connectivity index (χ3v) is 11.0. The largest absolute Gasteiger partial charge is 0.497 e. The van der Waals surface area contributed by atoms with E-state index in [1.54, 1.807) is 19.2 Å². The Morgan fingerprint density at radius 1 is 0.612 bits per heavy atom. The molecule has 0 aromatic heterocycles. The SMILES string of the molecule is COc1ccc(C2(c3ccc4c5c(cccc35)-c3ccccc3-4)C=Cc3c4c(c5ccc(F)cc5c3O2)-c2ccc(F)cc2C4(C)C)cc1. The monoisotopic (exact) mass is 640 g/mol. The highest BCUT2D eigenvalue weighted by molar-refractivity contribution is 6.16. The molecule has 4 heteroatoms. The molecule has 0 amide bonds. The summed E-state index contributed by atoms with van der Waals surface area (Å²) in [4.78, 5) is 0. The minimum Gasteiger partial charge on any atom is -0.497 e. The maximum atomic E-state index is 15.3. The van der Waals surface area contributed by atoms with Crippen molar-refractivity contribution in [2.24, 2.45) is 0 Å². The minimum atomic E-state index is -1.07. The lowest BCUT2D eigenvalue weighted by atomic mass is 9.76. The Kier molecular flexibility index (Phi) is 5.58. The standard InChI is InChI=1S/C45H30F2O2/c1-44(2)39-24-27(47)14-18-35(39)41-33-17-13-26(46)23-37(33)43-36(42(41)44)21-22-45(49-43,25-11-15-28(48-3)16-12-25)38-20-19-32-30-8-5-4-7-29(30)31-9-6-10-34(38)40(31)32/h4-24H,1-3H3.